The zero-order valence-corrected chi connectivity index (χ0v) is 30.5. The molecular formula is C50H46N2. The zero-order valence-electron chi connectivity index (χ0n) is 34.5. The summed E-state index contributed by atoms with van der Waals surface area (Å²) in [6, 6.07) is 46.0. The predicted octanol–water partition coefficient (Wildman–Crippen LogP) is 12.9. The summed E-state index contributed by atoms with van der Waals surface area (Å²) in [5.74, 6) is 0. The van der Waals surface area contributed by atoms with Gasteiger partial charge in [0.25, 0.3) is 0 Å². The van der Waals surface area contributed by atoms with Crippen LogP contribution in [0.4, 0.5) is 0 Å². The molecule has 5 aromatic carbocycles. The topological polar surface area (TPSA) is 25.8 Å². The lowest BCUT2D eigenvalue weighted by Crippen LogP contribution is -2.17. The van der Waals surface area contributed by atoms with Crippen molar-refractivity contribution < 1.29 is 5.48 Å². The van der Waals surface area contributed by atoms with Gasteiger partial charge in [-0.15, -0.1) is 0 Å². The van der Waals surface area contributed by atoms with Gasteiger partial charge in [0.15, 0.2) is 0 Å². The van der Waals surface area contributed by atoms with E-state index in [1.54, 1.807) is 42.6 Å². The Morgan fingerprint density at radius 1 is 0.481 bits per heavy atom. The molecule has 256 valence electrons. The van der Waals surface area contributed by atoms with E-state index in [1.807, 2.05) is 55.6 Å². The van der Waals surface area contributed by atoms with Crippen molar-refractivity contribution in [1.82, 2.24) is 9.97 Å². The van der Waals surface area contributed by atoms with Crippen molar-refractivity contribution in [2.75, 3.05) is 0 Å². The first kappa shape index (κ1) is 29.0. The van der Waals surface area contributed by atoms with Crippen molar-refractivity contribution in [3.05, 3.63) is 180 Å². The number of fused-ring (bicyclic) bond motifs is 1. The van der Waals surface area contributed by atoms with Crippen molar-refractivity contribution in [2.24, 2.45) is 0 Å². The molecule has 0 spiro atoms. The van der Waals surface area contributed by atoms with Gasteiger partial charge < -0.3 is 0 Å². The monoisotopic (exact) mass is 678 g/mol. The molecule has 0 saturated carbocycles. The molecule has 0 radical (unpaired) electrons. The summed E-state index contributed by atoms with van der Waals surface area (Å²) >= 11 is 0. The molecular weight excluding hydrogens is 629 g/mol. The molecule has 52 heavy (non-hydrogen) atoms. The molecule has 2 nitrogen and oxygen atoms in total. The molecule has 0 fully saturated rings. The Morgan fingerprint density at radius 3 is 1.83 bits per heavy atom. The fourth-order valence-electron chi connectivity index (χ4n) is 8.16. The molecule has 0 bridgehead atoms. The molecule has 0 amide bonds. The smallest absolute Gasteiger partial charge is 0.0708 e. The van der Waals surface area contributed by atoms with Crippen LogP contribution in [0.15, 0.2) is 152 Å². The fourth-order valence-corrected chi connectivity index (χ4v) is 8.16. The minimum atomic E-state index is -2.33. The average Bonchev–Trinajstić information content (AvgIpc) is 3.39. The highest BCUT2D eigenvalue weighted by molar-refractivity contribution is 5.85. The van der Waals surface area contributed by atoms with Crippen molar-refractivity contribution in [3.63, 3.8) is 0 Å². The van der Waals surface area contributed by atoms with Gasteiger partial charge in [-0.25, -0.2) is 0 Å². The Hall–Kier alpha value is -5.60. The minimum Gasteiger partial charge on any atom is -0.256 e. The van der Waals surface area contributed by atoms with Gasteiger partial charge in [0, 0.05) is 29.0 Å². The van der Waals surface area contributed by atoms with E-state index in [4.69, 9.17) is 7.73 Å². The fraction of sp³-hybridized carbons (Fsp3) is 0.200. The highest BCUT2D eigenvalue weighted by Gasteiger charge is 2.41. The van der Waals surface area contributed by atoms with Crippen molar-refractivity contribution >= 4 is 0 Å². The van der Waals surface area contributed by atoms with Gasteiger partial charge in [0.2, 0.25) is 0 Å². The predicted molar refractivity (Wildman–Crippen MR) is 218 cm³/mol. The highest BCUT2D eigenvalue weighted by Crippen LogP contribution is 2.50. The number of aromatic nitrogens is 2. The highest BCUT2D eigenvalue weighted by atomic mass is 14.7. The third-order valence-electron chi connectivity index (χ3n) is 10.5. The van der Waals surface area contributed by atoms with E-state index in [1.165, 1.54) is 16.7 Å². The van der Waals surface area contributed by atoms with Crippen LogP contribution < -0.4 is 0 Å². The largest absolute Gasteiger partial charge is 0.256 e. The van der Waals surface area contributed by atoms with Gasteiger partial charge in [-0.3, -0.25) is 9.97 Å². The molecule has 2 heterocycles. The number of rotatable bonds is 8. The summed E-state index contributed by atoms with van der Waals surface area (Å²) in [5, 5.41) is 0. The van der Waals surface area contributed by atoms with Crippen LogP contribution in [0, 0.1) is 6.92 Å². The second-order valence-corrected chi connectivity index (χ2v) is 15.4. The van der Waals surface area contributed by atoms with Gasteiger partial charge in [-0.2, -0.15) is 0 Å². The Labute approximate surface area is 314 Å². The third-order valence-corrected chi connectivity index (χ3v) is 10.5. The van der Waals surface area contributed by atoms with Crippen LogP contribution in [0.1, 0.15) is 67.4 Å². The van der Waals surface area contributed by atoms with Crippen molar-refractivity contribution in [3.8, 4) is 55.9 Å². The Kier molecular flexibility index (Phi) is 7.54. The molecule has 0 saturated heterocycles. The van der Waals surface area contributed by atoms with E-state index in [0.717, 1.165) is 62.3 Å². The number of aryl methyl sites for hydroxylation is 3. The summed E-state index contributed by atoms with van der Waals surface area (Å²) in [6.45, 7) is 11.3. The van der Waals surface area contributed by atoms with Gasteiger partial charge in [0.05, 0.1) is 11.4 Å². The van der Waals surface area contributed by atoms with Crippen molar-refractivity contribution in [1.29, 1.82) is 0 Å². The lowest BCUT2D eigenvalue weighted by Gasteiger charge is -2.22. The van der Waals surface area contributed by atoms with Crippen molar-refractivity contribution in [2.45, 2.75) is 64.6 Å². The van der Waals surface area contributed by atoms with Crippen LogP contribution >= 0.6 is 0 Å². The van der Waals surface area contributed by atoms with Gasteiger partial charge in [-0.05, 0) is 117 Å². The maximum Gasteiger partial charge on any atom is 0.0708 e. The molecule has 1 aliphatic rings. The SMILES string of the molecule is [2H]C([2H])(c1ccc(-c2ccccn2)cc1)C([2H])([2H])c1cc(C)cc(-c2ccccc2-c2ccc(-c3cc(-c4ccc5c(c4)C(C)(C)CC5(C)C)ccn3)cc2)c1. The van der Waals surface area contributed by atoms with Crippen LogP contribution in [0.2, 0.25) is 0 Å². The van der Waals surface area contributed by atoms with Crippen LogP contribution in [-0.2, 0) is 23.6 Å². The zero-order chi connectivity index (χ0) is 39.5. The Bertz CT molecular complexity index is 2560. The second-order valence-electron chi connectivity index (χ2n) is 15.4. The van der Waals surface area contributed by atoms with E-state index >= 15 is 0 Å². The minimum absolute atomic E-state index is 0.129. The maximum absolute atomic E-state index is 9.21. The van der Waals surface area contributed by atoms with Crippen LogP contribution in [-0.4, -0.2) is 9.97 Å². The number of pyridine rings is 2. The van der Waals surface area contributed by atoms with Crippen LogP contribution in [0.25, 0.3) is 55.9 Å². The Morgan fingerprint density at radius 2 is 1.08 bits per heavy atom. The summed E-state index contributed by atoms with van der Waals surface area (Å²) < 4.78 is 36.6. The van der Waals surface area contributed by atoms with E-state index in [-0.39, 0.29) is 22.0 Å². The molecule has 0 N–H and O–H groups in total. The average molecular weight is 679 g/mol. The standard InChI is InChI=1S/C50H46N2/c1-34-28-36(14-13-35-15-17-38(18-16-35)47-12-8-9-26-51-47)30-42(29-34)44-11-7-6-10-43(44)37-19-21-39(22-20-37)48-32-41(25-27-52-48)40-23-24-45-46(31-40)50(4,5)33-49(45,2)3/h6-12,15-32H,13-14,33H2,1-5H3/i13D2,14D2. The molecule has 8 rings (SSSR count). The molecule has 1 aliphatic carbocycles. The van der Waals surface area contributed by atoms with Crippen LogP contribution in [0.5, 0.6) is 0 Å². The van der Waals surface area contributed by atoms with E-state index in [2.05, 4.69) is 93.3 Å². The van der Waals surface area contributed by atoms with E-state index < -0.39 is 12.7 Å². The van der Waals surface area contributed by atoms with E-state index in [9.17, 15) is 2.74 Å². The molecule has 0 aliphatic heterocycles. The first-order valence-electron chi connectivity index (χ1n) is 20.1. The van der Waals surface area contributed by atoms with Gasteiger partial charge in [-0.1, -0.05) is 149 Å². The molecule has 0 atom stereocenters. The second kappa shape index (κ2) is 13.5. The number of benzene rings is 5. The van der Waals surface area contributed by atoms with Crippen LogP contribution in [0.3, 0.4) is 0 Å². The first-order valence-corrected chi connectivity index (χ1v) is 18.1. The first-order chi connectivity index (χ1) is 26.6. The molecule has 2 heteroatoms. The summed E-state index contributed by atoms with van der Waals surface area (Å²) in [5.41, 5.74) is 14.3. The number of nitrogens with zero attached hydrogens (tertiary/aromatic N) is 2. The van der Waals surface area contributed by atoms with E-state index in [0.29, 0.717) is 0 Å². The quantitative estimate of drug-likeness (QED) is 0.160. The molecule has 2 aromatic heterocycles. The molecule has 7 aromatic rings. The Balaban J connectivity index is 1.08. The summed E-state index contributed by atoms with van der Waals surface area (Å²) in [6.07, 6.45) is 0.109. The van der Waals surface area contributed by atoms with Gasteiger partial charge in [0.1, 0.15) is 0 Å². The molecule has 0 unspecified atom stereocenters. The summed E-state index contributed by atoms with van der Waals surface area (Å²) in [7, 11) is 0. The normalized spacial score (nSPS) is 15.9. The summed E-state index contributed by atoms with van der Waals surface area (Å²) in [4.78, 5) is 9.15. The maximum atomic E-state index is 9.21. The number of hydrogen-bond donors (Lipinski definition) is 0. The number of hydrogen-bond acceptors (Lipinski definition) is 2. The van der Waals surface area contributed by atoms with Gasteiger partial charge >= 0.3 is 0 Å². The lowest BCUT2D eigenvalue weighted by molar-refractivity contribution is 0.403. The lowest BCUT2D eigenvalue weighted by atomic mass is 9.82. The third kappa shape index (κ3) is 6.74.